The van der Waals surface area contributed by atoms with Crippen molar-refractivity contribution in [1.82, 2.24) is 0 Å². The van der Waals surface area contributed by atoms with E-state index in [1.165, 1.54) is 31.4 Å². The van der Waals surface area contributed by atoms with Crippen molar-refractivity contribution in [3.63, 3.8) is 0 Å². The van der Waals surface area contributed by atoms with Crippen molar-refractivity contribution >= 4 is 29.2 Å². The van der Waals surface area contributed by atoms with Gasteiger partial charge in [0.15, 0.2) is 0 Å². The second-order valence-corrected chi connectivity index (χ2v) is 6.49. The maximum Gasteiger partial charge on any atom is 0.339 e. The molecular formula is C22H18ClNO5. The summed E-state index contributed by atoms with van der Waals surface area (Å²) in [5, 5.41) is 12.4. The van der Waals surface area contributed by atoms with Crippen molar-refractivity contribution in [2.24, 2.45) is 0 Å². The molecule has 148 valence electrons. The molecule has 3 rings (SSSR count). The standard InChI is InChI=1S/C22H18ClNO5/c1-28-19-12-9-16(13-18(19)23)24-21(26)20(14-5-3-2-4-6-14)29-22(27)15-7-10-17(25)11-8-15/h2-13,20,25H,1H3,(H,24,26). The molecule has 6 nitrogen and oxygen atoms in total. The highest BCUT2D eigenvalue weighted by molar-refractivity contribution is 6.32. The Balaban J connectivity index is 1.83. The van der Waals surface area contributed by atoms with Crippen LogP contribution >= 0.6 is 11.6 Å². The van der Waals surface area contributed by atoms with Gasteiger partial charge in [-0.2, -0.15) is 0 Å². The van der Waals surface area contributed by atoms with E-state index in [-0.39, 0.29) is 11.3 Å². The lowest BCUT2D eigenvalue weighted by Crippen LogP contribution is -2.26. The molecule has 7 heteroatoms. The van der Waals surface area contributed by atoms with Gasteiger partial charge in [0.1, 0.15) is 11.5 Å². The SMILES string of the molecule is COc1ccc(NC(=O)C(OC(=O)c2ccc(O)cc2)c2ccccc2)cc1Cl. The third kappa shape index (κ3) is 5.06. The average molecular weight is 412 g/mol. The Kier molecular flexibility index (Phi) is 6.36. The zero-order chi connectivity index (χ0) is 20.8. The van der Waals surface area contributed by atoms with Crippen molar-refractivity contribution in [3.05, 3.63) is 88.9 Å². The highest BCUT2D eigenvalue weighted by Gasteiger charge is 2.26. The third-order valence-electron chi connectivity index (χ3n) is 4.09. The normalized spacial score (nSPS) is 11.4. The molecule has 0 fully saturated rings. The molecular weight excluding hydrogens is 394 g/mol. The summed E-state index contributed by atoms with van der Waals surface area (Å²) >= 11 is 6.10. The van der Waals surface area contributed by atoms with Gasteiger partial charge in [0.25, 0.3) is 5.91 Å². The second kappa shape index (κ2) is 9.12. The van der Waals surface area contributed by atoms with Gasteiger partial charge in [-0.25, -0.2) is 4.79 Å². The van der Waals surface area contributed by atoms with Crippen LogP contribution in [-0.2, 0) is 9.53 Å². The van der Waals surface area contributed by atoms with Gasteiger partial charge in [-0.05, 0) is 42.5 Å². The number of benzene rings is 3. The summed E-state index contributed by atoms with van der Waals surface area (Å²) in [7, 11) is 1.49. The minimum Gasteiger partial charge on any atom is -0.508 e. The first kappa shape index (κ1) is 20.2. The van der Waals surface area contributed by atoms with E-state index in [0.29, 0.717) is 22.0 Å². The third-order valence-corrected chi connectivity index (χ3v) is 4.38. The lowest BCUT2D eigenvalue weighted by atomic mass is 10.1. The fourth-order valence-corrected chi connectivity index (χ4v) is 2.88. The van der Waals surface area contributed by atoms with E-state index in [1.807, 2.05) is 0 Å². The van der Waals surface area contributed by atoms with Crippen molar-refractivity contribution < 1.29 is 24.2 Å². The molecule has 0 spiro atoms. The van der Waals surface area contributed by atoms with Crippen LogP contribution in [0.1, 0.15) is 22.0 Å². The Bertz CT molecular complexity index is 1010. The number of hydrogen-bond donors (Lipinski definition) is 2. The number of esters is 1. The molecule has 1 atom stereocenters. The van der Waals surface area contributed by atoms with Crippen LogP contribution in [0, 0.1) is 0 Å². The van der Waals surface area contributed by atoms with Crippen molar-refractivity contribution in [2.45, 2.75) is 6.10 Å². The number of ether oxygens (including phenoxy) is 2. The number of halogens is 1. The van der Waals surface area contributed by atoms with Gasteiger partial charge in [0.2, 0.25) is 6.10 Å². The van der Waals surface area contributed by atoms with E-state index < -0.39 is 18.0 Å². The Morgan fingerprint density at radius 1 is 1.00 bits per heavy atom. The number of anilines is 1. The first-order valence-corrected chi connectivity index (χ1v) is 9.05. The first-order chi connectivity index (χ1) is 14.0. The average Bonchev–Trinajstić information content (AvgIpc) is 2.73. The van der Waals surface area contributed by atoms with Crippen LogP contribution in [0.25, 0.3) is 0 Å². The molecule has 0 aromatic heterocycles. The van der Waals surface area contributed by atoms with Crippen LogP contribution in [0.3, 0.4) is 0 Å². The summed E-state index contributed by atoms with van der Waals surface area (Å²) in [5.41, 5.74) is 1.16. The Morgan fingerprint density at radius 2 is 1.69 bits per heavy atom. The number of phenolic OH excluding ortho intramolecular Hbond substituents is 1. The summed E-state index contributed by atoms with van der Waals surface area (Å²) in [6.45, 7) is 0. The van der Waals surface area contributed by atoms with Gasteiger partial charge in [0, 0.05) is 11.3 Å². The van der Waals surface area contributed by atoms with Gasteiger partial charge in [-0.1, -0.05) is 41.9 Å². The van der Waals surface area contributed by atoms with Crippen LogP contribution in [-0.4, -0.2) is 24.1 Å². The molecule has 1 amide bonds. The fourth-order valence-electron chi connectivity index (χ4n) is 2.63. The van der Waals surface area contributed by atoms with E-state index in [2.05, 4.69) is 5.32 Å². The predicted molar refractivity (Wildman–Crippen MR) is 109 cm³/mol. The number of phenols is 1. The van der Waals surface area contributed by atoms with Gasteiger partial charge in [0.05, 0.1) is 17.7 Å². The van der Waals surface area contributed by atoms with E-state index in [0.717, 1.165) is 0 Å². The highest BCUT2D eigenvalue weighted by Crippen LogP contribution is 2.28. The molecule has 0 aliphatic rings. The Morgan fingerprint density at radius 3 is 2.31 bits per heavy atom. The van der Waals surface area contributed by atoms with Crippen molar-refractivity contribution in [3.8, 4) is 11.5 Å². The zero-order valence-corrected chi connectivity index (χ0v) is 16.2. The summed E-state index contributed by atoms with van der Waals surface area (Å²) in [5.74, 6) is -0.732. The number of carbonyl (C=O) groups excluding carboxylic acids is 2. The highest BCUT2D eigenvalue weighted by atomic mass is 35.5. The molecule has 3 aromatic rings. The molecule has 0 bridgehead atoms. The number of carbonyl (C=O) groups is 2. The lowest BCUT2D eigenvalue weighted by Gasteiger charge is -2.18. The Labute approximate surface area is 172 Å². The number of nitrogens with one attached hydrogen (secondary N) is 1. The number of methoxy groups -OCH3 is 1. The van der Waals surface area contributed by atoms with Crippen LogP contribution in [0.2, 0.25) is 5.02 Å². The molecule has 2 N–H and O–H groups in total. The van der Waals surface area contributed by atoms with E-state index >= 15 is 0 Å². The van der Waals surface area contributed by atoms with Crippen molar-refractivity contribution in [2.75, 3.05) is 12.4 Å². The number of rotatable bonds is 6. The maximum atomic E-state index is 12.9. The summed E-state index contributed by atoms with van der Waals surface area (Å²) < 4.78 is 10.6. The first-order valence-electron chi connectivity index (χ1n) is 8.67. The van der Waals surface area contributed by atoms with Gasteiger partial charge in [-0.3, -0.25) is 4.79 Å². The zero-order valence-electron chi connectivity index (χ0n) is 15.5. The van der Waals surface area contributed by atoms with E-state index in [9.17, 15) is 14.7 Å². The van der Waals surface area contributed by atoms with Crippen LogP contribution in [0.5, 0.6) is 11.5 Å². The van der Waals surface area contributed by atoms with Crippen LogP contribution < -0.4 is 10.1 Å². The van der Waals surface area contributed by atoms with Gasteiger partial charge < -0.3 is 19.9 Å². The predicted octanol–water partition coefficient (Wildman–Crippen LogP) is 4.59. The number of aromatic hydroxyl groups is 1. The number of amides is 1. The van der Waals surface area contributed by atoms with E-state index in [4.69, 9.17) is 21.1 Å². The lowest BCUT2D eigenvalue weighted by molar-refractivity contribution is -0.125. The number of hydrogen-bond acceptors (Lipinski definition) is 5. The maximum absolute atomic E-state index is 12.9. The van der Waals surface area contributed by atoms with Crippen molar-refractivity contribution in [1.29, 1.82) is 0 Å². The molecule has 0 heterocycles. The molecule has 0 aliphatic heterocycles. The largest absolute Gasteiger partial charge is 0.508 e. The summed E-state index contributed by atoms with van der Waals surface area (Å²) in [4.78, 5) is 25.4. The van der Waals surface area contributed by atoms with Crippen LogP contribution in [0.4, 0.5) is 5.69 Å². The van der Waals surface area contributed by atoms with Crippen LogP contribution in [0.15, 0.2) is 72.8 Å². The molecule has 1 unspecified atom stereocenters. The monoisotopic (exact) mass is 411 g/mol. The smallest absolute Gasteiger partial charge is 0.339 e. The molecule has 0 radical (unpaired) electrons. The van der Waals surface area contributed by atoms with Gasteiger partial charge in [-0.15, -0.1) is 0 Å². The second-order valence-electron chi connectivity index (χ2n) is 6.08. The molecule has 0 saturated carbocycles. The topological polar surface area (TPSA) is 84.9 Å². The summed E-state index contributed by atoms with van der Waals surface area (Å²) in [6.07, 6.45) is -1.18. The fraction of sp³-hybridized carbons (Fsp3) is 0.0909. The molecule has 3 aromatic carbocycles. The Hall–Kier alpha value is -3.51. The van der Waals surface area contributed by atoms with E-state index in [1.54, 1.807) is 48.5 Å². The summed E-state index contributed by atoms with van der Waals surface area (Å²) in [6, 6.07) is 19.0. The molecule has 0 saturated heterocycles. The minimum absolute atomic E-state index is 0.0234. The molecule has 0 aliphatic carbocycles. The minimum atomic E-state index is -1.18. The van der Waals surface area contributed by atoms with Gasteiger partial charge >= 0.3 is 5.97 Å². The molecule has 29 heavy (non-hydrogen) atoms. The quantitative estimate of drug-likeness (QED) is 0.579.